The van der Waals surface area contributed by atoms with Gasteiger partial charge in [-0.15, -0.1) is 0 Å². The number of halogens is 3. The van der Waals surface area contributed by atoms with E-state index in [9.17, 15) is 13.6 Å². The van der Waals surface area contributed by atoms with E-state index in [1.165, 1.54) is 7.11 Å². The first-order valence-electron chi connectivity index (χ1n) is 4.46. The molecule has 0 atom stereocenters. The van der Waals surface area contributed by atoms with E-state index < -0.39 is 12.4 Å². The highest BCUT2D eigenvalue weighted by Gasteiger charge is 2.18. The number of ether oxygens (including phenoxy) is 1. The Morgan fingerprint density at radius 2 is 2.25 bits per heavy atom. The molecule has 0 bridgehead atoms. The van der Waals surface area contributed by atoms with E-state index in [-0.39, 0.29) is 22.7 Å². The maximum atomic E-state index is 12.6. The molecule has 1 aromatic heterocycles. The quantitative estimate of drug-likeness (QED) is 0.773. The largest absolute Gasteiger partial charge is 0.469 e. The summed E-state index contributed by atoms with van der Waals surface area (Å²) < 4.78 is 29.7. The van der Waals surface area contributed by atoms with Gasteiger partial charge < -0.3 is 4.74 Å². The van der Waals surface area contributed by atoms with Crippen LogP contribution >= 0.6 is 11.6 Å². The van der Waals surface area contributed by atoms with Gasteiger partial charge in [0.05, 0.1) is 29.9 Å². The lowest BCUT2D eigenvalue weighted by Crippen LogP contribution is -2.10. The van der Waals surface area contributed by atoms with Crippen LogP contribution in [-0.4, -0.2) is 18.1 Å². The van der Waals surface area contributed by atoms with Crippen molar-refractivity contribution in [2.75, 3.05) is 7.11 Å². The number of carbonyl (C=O) groups excluding carboxylic acids is 1. The predicted molar refractivity (Wildman–Crippen MR) is 54.7 cm³/mol. The lowest BCUT2D eigenvalue weighted by Gasteiger charge is -2.09. The number of methoxy groups -OCH3 is 1. The van der Waals surface area contributed by atoms with Crippen molar-refractivity contribution < 1.29 is 18.3 Å². The van der Waals surface area contributed by atoms with Crippen LogP contribution in [0.3, 0.4) is 0 Å². The molecule has 16 heavy (non-hydrogen) atoms. The van der Waals surface area contributed by atoms with E-state index in [0.29, 0.717) is 5.69 Å². The zero-order valence-electron chi connectivity index (χ0n) is 8.76. The highest BCUT2D eigenvalue weighted by atomic mass is 35.5. The van der Waals surface area contributed by atoms with Gasteiger partial charge in [-0.1, -0.05) is 11.6 Å². The number of aromatic nitrogens is 1. The molecular weight excluding hydrogens is 240 g/mol. The topological polar surface area (TPSA) is 39.2 Å². The summed E-state index contributed by atoms with van der Waals surface area (Å²) in [6, 6.07) is 1.13. The number of pyridine rings is 1. The molecular formula is C10H10ClF2NO2. The molecule has 6 heteroatoms. The average molecular weight is 250 g/mol. The summed E-state index contributed by atoms with van der Waals surface area (Å²) in [5.41, 5.74) is 0.0784. The van der Waals surface area contributed by atoms with Gasteiger partial charge in [0.15, 0.2) is 0 Å². The van der Waals surface area contributed by atoms with Gasteiger partial charge in [0.2, 0.25) is 0 Å². The van der Waals surface area contributed by atoms with Gasteiger partial charge in [0.1, 0.15) is 0 Å². The first-order valence-corrected chi connectivity index (χ1v) is 4.84. The summed E-state index contributed by atoms with van der Waals surface area (Å²) in [4.78, 5) is 14.9. The smallest absolute Gasteiger partial charge is 0.311 e. The molecule has 0 aromatic carbocycles. The van der Waals surface area contributed by atoms with Crippen LogP contribution in [0.25, 0.3) is 0 Å². The molecule has 0 saturated heterocycles. The zero-order chi connectivity index (χ0) is 12.3. The van der Waals surface area contributed by atoms with E-state index in [2.05, 4.69) is 9.72 Å². The van der Waals surface area contributed by atoms with Crippen LogP contribution < -0.4 is 0 Å². The number of rotatable bonds is 3. The van der Waals surface area contributed by atoms with Gasteiger partial charge in [-0.05, 0) is 13.0 Å². The summed E-state index contributed by atoms with van der Waals surface area (Å²) >= 11 is 5.69. The first-order chi connectivity index (χ1) is 7.45. The Kier molecular flexibility index (Phi) is 4.18. The zero-order valence-corrected chi connectivity index (χ0v) is 9.52. The molecule has 0 aliphatic carbocycles. The van der Waals surface area contributed by atoms with Crippen LogP contribution in [-0.2, 0) is 16.0 Å². The van der Waals surface area contributed by atoms with Crippen LogP contribution in [0.2, 0.25) is 5.02 Å². The number of aryl methyl sites for hydroxylation is 1. The number of carbonyl (C=O) groups is 1. The average Bonchev–Trinajstić information content (AvgIpc) is 2.22. The Hall–Kier alpha value is -1.23. The summed E-state index contributed by atoms with van der Waals surface area (Å²) in [7, 11) is 1.19. The molecule has 1 heterocycles. The van der Waals surface area contributed by atoms with Crippen LogP contribution in [0.15, 0.2) is 6.07 Å². The van der Waals surface area contributed by atoms with Gasteiger partial charge in [-0.2, -0.15) is 0 Å². The number of nitrogens with zero attached hydrogens (tertiary/aromatic N) is 1. The minimum Gasteiger partial charge on any atom is -0.469 e. The summed E-state index contributed by atoms with van der Waals surface area (Å²) in [5, 5.41) is 0.156. The molecule has 0 amide bonds. The fourth-order valence-corrected chi connectivity index (χ4v) is 1.34. The van der Waals surface area contributed by atoms with E-state index in [4.69, 9.17) is 11.6 Å². The molecule has 3 nitrogen and oxygen atoms in total. The van der Waals surface area contributed by atoms with Crippen molar-refractivity contribution in [3.63, 3.8) is 0 Å². The second kappa shape index (κ2) is 5.21. The Morgan fingerprint density at radius 3 is 2.75 bits per heavy atom. The highest BCUT2D eigenvalue weighted by molar-refractivity contribution is 6.31. The van der Waals surface area contributed by atoms with Crippen molar-refractivity contribution in [3.8, 4) is 0 Å². The third-order valence-electron chi connectivity index (χ3n) is 2.04. The van der Waals surface area contributed by atoms with Gasteiger partial charge in [-0.3, -0.25) is 9.78 Å². The summed E-state index contributed by atoms with van der Waals surface area (Å²) in [5.74, 6) is -0.615. The maximum absolute atomic E-state index is 12.6. The molecule has 0 N–H and O–H groups in total. The standard InChI is InChI=1S/C10H10ClF2NO2/c1-5-7(11)3-6(10(12)13)8(14-5)4-9(15)16-2/h3,10H,4H2,1-2H3. The molecule has 0 aliphatic heterocycles. The maximum Gasteiger partial charge on any atom is 0.311 e. The molecule has 1 rings (SSSR count). The van der Waals surface area contributed by atoms with E-state index in [1.807, 2.05) is 0 Å². The van der Waals surface area contributed by atoms with Gasteiger partial charge in [0.25, 0.3) is 6.43 Å². The number of hydrogen-bond acceptors (Lipinski definition) is 3. The molecule has 88 valence electrons. The van der Waals surface area contributed by atoms with Crippen molar-refractivity contribution in [1.29, 1.82) is 0 Å². The van der Waals surface area contributed by atoms with Crippen LogP contribution in [0, 0.1) is 6.92 Å². The fraction of sp³-hybridized carbons (Fsp3) is 0.400. The van der Waals surface area contributed by atoms with Crippen molar-refractivity contribution in [2.24, 2.45) is 0 Å². The molecule has 0 spiro atoms. The van der Waals surface area contributed by atoms with Gasteiger partial charge >= 0.3 is 5.97 Å². The monoisotopic (exact) mass is 249 g/mol. The predicted octanol–water partition coefficient (Wildman–Crippen LogP) is 2.70. The van der Waals surface area contributed by atoms with E-state index in [0.717, 1.165) is 6.07 Å². The minimum absolute atomic E-state index is 0.00347. The van der Waals surface area contributed by atoms with Crippen molar-refractivity contribution in [1.82, 2.24) is 4.98 Å². The highest BCUT2D eigenvalue weighted by Crippen LogP contribution is 2.26. The third kappa shape index (κ3) is 2.88. The van der Waals surface area contributed by atoms with Crippen LogP contribution in [0.5, 0.6) is 0 Å². The number of esters is 1. The second-order valence-electron chi connectivity index (χ2n) is 3.15. The minimum atomic E-state index is -2.72. The SMILES string of the molecule is COC(=O)Cc1nc(C)c(Cl)cc1C(F)F. The van der Waals surface area contributed by atoms with Crippen molar-refractivity contribution >= 4 is 17.6 Å². The summed E-state index contributed by atoms with van der Waals surface area (Å²) in [6.07, 6.45) is -3.00. The third-order valence-corrected chi connectivity index (χ3v) is 2.42. The Labute approximate surface area is 96.4 Å². The van der Waals surface area contributed by atoms with Crippen molar-refractivity contribution in [2.45, 2.75) is 19.8 Å². The molecule has 0 aliphatic rings. The lowest BCUT2D eigenvalue weighted by molar-refractivity contribution is -0.139. The molecule has 1 aromatic rings. The first kappa shape index (κ1) is 12.8. The normalized spacial score (nSPS) is 10.6. The lowest BCUT2D eigenvalue weighted by atomic mass is 10.1. The van der Waals surface area contributed by atoms with Gasteiger partial charge in [-0.25, -0.2) is 8.78 Å². The molecule has 0 fully saturated rings. The number of hydrogen-bond donors (Lipinski definition) is 0. The Balaban J connectivity index is 3.14. The molecule has 0 unspecified atom stereocenters. The Morgan fingerprint density at radius 1 is 1.62 bits per heavy atom. The Bertz CT molecular complexity index is 410. The van der Waals surface area contributed by atoms with Crippen molar-refractivity contribution in [3.05, 3.63) is 28.0 Å². The molecule has 0 radical (unpaired) electrons. The summed E-state index contributed by atoms with van der Waals surface area (Å²) in [6.45, 7) is 1.58. The number of alkyl halides is 2. The fourth-order valence-electron chi connectivity index (χ4n) is 1.18. The van der Waals surface area contributed by atoms with Crippen LogP contribution in [0.4, 0.5) is 8.78 Å². The second-order valence-corrected chi connectivity index (χ2v) is 3.55. The van der Waals surface area contributed by atoms with Crippen LogP contribution in [0.1, 0.15) is 23.4 Å². The molecule has 0 saturated carbocycles. The van der Waals surface area contributed by atoms with E-state index in [1.54, 1.807) is 6.92 Å². The van der Waals surface area contributed by atoms with E-state index >= 15 is 0 Å². The van der Waals surface area contributed by atoms with Gasteiger partial charge in [0, 0.05) is 5.56 Å².